The van der Waals surface area contributed by atoms with Gasteiger partial charge >= 0.3 is 6.09 Å². The van der Waals surface area contributed by atoms with E-state index in [4.69, 9.17) is 35.3 Å². The lowest BCUT2D eigenvalue weighted by Gasteiger charge is -2.21. The summed E-state index contributed by atoms with van der Waals surface area (Å²) < 4.78 is 22.5. The number of rotatable bonds is 8. The number of nitrogens with zero attached hydrogens (tertiary/aromatic N) is 2. The average molecular weight is 516 g/mol. The van der Waals surface area contributed by atoms with E-state index in [1.165, 1.54) is 0 Å². The Hall–Kier alpha value is -3.99. The Balaban J connectivity index is 1.73. The molecule has 0 radical (unpaired) electrons. The normalized spacial score (nSPS) is 12.5. The molecule has 4 rings (SSSR count). The number of hydrogen-bond donors (Lipinski definition) is 3. The molecule has 0 aromatic carbocycles. The molecule has 2 amide bonds. The van der Waals surface area contributed by atoms with Crippen molar-refractivity contribution in [3.05, 3.63) is 53.1 Å². The fraction of sp³-hybridized carbons (Fsp3) is 0.333. The van der Waals surface area contributed by atoms with E-state index in [0.29, 0.717) is 40.4 Å². The van der Waals surface area contributed by atoms with Gasteiger partial charge in [0.05, 0.1) is 18.5 Å². The minimum atomic E-state index is -0.744. The lowest BCUT2D eigenvalue weighted by molar-refractivity contribution is 0.0507. The summed E-state index contributed by atoms with van der Waals surface area (Å²) in [5.74, 6) is 0.444. The summed E-state index contributed by atoms with van der Waals surface area (Å²) in [5.41, 5.74) is 6.35. The summed E-state index contributed by atoms with van der Waals surface area (Å²) >= 11 is 6.33. The highest BCUT2D eigenvalue weighted by atomic mass is 35.5. The number of nitrogens with two attached hydrogens (primary N) is 1. The van der Waals surface area contributed by atoms with Gasteiger partial charge in [0.25, 0.3) is 5.91 Å². The number of hydrogen-bond acceptors (Lipinski definition) is 9. The zero-order valence-corrected chi connectivity index (χ0v) is 20.9. The minimum absolute atomic E-state index is 0.0524. The van der Waals surface area contributed by atoms with Crippen LogP contribution in [0.2, 0.25) is 5.15 Å². The van der Waals surface area contributed by atoms with Gasteiger partial charge in [-0.05, 0) is 39.8 Å². The van der Waals surface area contributed by atoms with Crippen LogP contribution in [0.5, 0.6) is 0 Å². The molecule has 0 unspecified atom stereocenters. The molecule has 0 saturated heterocycles. The Morgan fingerprint density at radius 2 is 2.03 bits per heavy atom. The molecule has 4 aromatic rings. The number of halogens is 1. The highest BCUT2D eigenvalue weighted by Crippen LogP contribution is 2.38. The standard InChI is InChI=1S/C24H26ClN5O6/c1-12(28-23(32)36-24(2,3)4)8-16-18(22-29-15(11-34-22)21(26)31)19-20(35-16)14(9-17(25)30-19)27-10-13-6-5-7-33-13/h5-7,9,11-12H,8,10H2,1-4H3,(H2,26,31)(H,27,30)(H,28,32)/t12-/m0/s1. The Morgan fingerprint density at radius 3 is 2.67 bits per heavy atom. The molecule has 4 N–H and O–H groups in total. The number of primary amides is 1. The van der Waals surface area contributed by atoms with Crippen molar-refractivity contribution in [2.24, 2.45) is 5.73 Å². The van der Waals surface area contributed by atoms with Crippen molar-refractivity contribution in [2.75, 3.05) is 5.32 Å². The predicted octanol–water partition coefficient (Wildman–Crippen LogP) is 4.90. The second-order valence-electron chi connectivity index (χ2n) is 9.16. The summed E-state index contributed by atoms with van der Waals surface area (Å²) in [4.78, 5) is 32.5. The van der Waals surface area contributed by atoms with Crippen molar-refractivity contribution in [2.45, 2.75) is 52.3 Å². The third-order valence-corrected chi connectivity index (χ3v) is 5.13. The van der Waals surface area contributed by atoms with Gasteiger partial charge in [0.1, 0.15) is 39.6 Å². The van der Waals surface area contributed by atoms with Gasteiger partial charge in [0.2, 0.25) is 5.89 Å². The molecule has 0 aliphatic rings. The van der Waals surface area contributed by atoms with Crippen LogP contribution in [0.4, 0.5) is 10.5 Å². The van der Waals surface area contributed by atoms with E-state index in [1.54, 1.807) is 46.1 Å². The number of nitrogens with one attached hydrogen (secondary N) is 2. The average Bonchev–Trinajstić information content (AvgIpc) is 3.50. The van der Waals surface area contributed by atoms with Crippen LogP contribution in [0.3, 0.4) is 0 Å². The minimum Gasteiger partial charge on any atom is -0.467 e. The summed E-state index contributed by atoms with van der Waals surface area (Å²) in [7, 11) is 0. The highest BCUT2D eigenvalue weighted by Gasteiger charge is 2.27. The number of alkyl carbamates (subject to hydrolysis) is 1. The molecule has 0 saturated carbocycles. The number of anilines is 1. The molecule has 0 spiro atoms. The molecule has 4 aromatic heterocycles. The summed E-state index contributed by atoms with van der Waals surface area (Å²) in [5, 5.41) is 6.21. The van der Waals surface area contributed by atoms with Crippen molar-refractivity contribution in [1.82, 2.24) is 15.3 Å². The van der Waals surface area contributed by atoms with Crippen molar-refractivity contribution < 1.29 is 27.6 Å². The topological polar surface area (TPSA) is 159 Å². The van der Waals surface area contributed by atoms with Crippen LogP contribution in [-0.4, -0.2) is 33.6 Å². The Kier molecular flexibility index (Phi) is 6.93. The lowest BCUT2D eigenvalue weighted by Crippen LogP contribution is -2.38. The van der Waals surface area contributed by atoms with Crippen LogP contribution in [-0.2, 0) is 17.7 Å². The van der Waals surface area contributed by atoms with Crippen LogP contribution in [0, 0.1) is 0 Å². The number of fused-ring (bicyclic) bond motifs is 1. The van der Waals surface area contributed by atoms with Crippen LogP contribution in [0.1, 0.15) is 49.7 Å². The number of ether oxygens (including phenoxy) is 1. The first-order valence-corrected chi connectivity index (χ1v) is 11.5. The molecule has 0 aliphatic carbocycles. The zero-order valence-electron chi connectivity index (χ0n) is 20.2. The summed E-state index contributed by atoms with van der Waals surface area (Å²) in [6.07, 6.45) is 2.40. The number of oxazole rings is 1. The maximum Gasteiger partial charge on any atom is 0.407 e. The van der Waals surface area contributed by atoms with Crippen molar-refractivity contribution in [1.29, 1.82) is 0 Å². The van der Waals surface area contributed by atoms with Crippen LogP contribution in [0.25, 0.3) is 22.6 Å². The van der Waals surface area contributed by atoms with Gasteiger partial charge in [-0.25, -0.2) is 14.8 Å². The molecule has 0 aliphatic heterocycles. The zero-order chi connectivity index (χ0) is 26.0. The molecule has 0 fully saturated rings. The van der Waals surface area contributed by atoms with E-state index in [1.807, 2.05) is 6.07 Å². The van der Waals surface area contributed by atoms with Gasteiger partial charge in [-0.2, -0.15) is 0 Å². The smallest absolute Gasteiger partial charge is 0.407 e. The molecule has 12 heteroatoms. The van der Waals surface area contributed by atoms with Crippen molar-refractivity contribution >= 4 is 40.4 Å². The Labute approximate surface area is 211 Å². The van der Waals surface area contributed by atoms with Crippen molar-refractivity contribution in [3.8, 4) is 11.5 Å². The number of pyridine rings is 1. The van der Waals surface area contributed by atoms with E-state index in [-0.39, 0.29) is 23.2 Å². The second-order valence-corrected chi connectivity index (χ2v) is 9.54. The third kappa shape index (κ3) is 5.80. The number of carbonyl (C=O) groups excluding carboxylic acids is 2. The first-order chi connectivity index (χ1) is 17.0. The summed E-state index contributed by atoms with van der Waals surface area (Å²) in [6.45, 7) is 7.50. The van der Waals surface area contributed by atoms with Crippen molar-refractivity contribution in [3.63, 3.8) is 0 Å². The number of aromatic nitrogens is 2. The monoisotopic (exact) mass is 515 g/mol. The largest absolute Gasteiger partial charge is 0.467 e. The SMILES string of the molecule is C[C@@H](Cc1oc2c(NCc3ccco3)cc(Cl)nc2c1-c1nc(C(N)=O)co1)NC(=O)OC(C)(C)C. The molecule has 4 heterocycles. The van der Waals surface area contributed by atoms with E-state index < -0.39 is 23.6 Å². The molecular weight excluding hydrogens is 490 g/mol. The van der Waals surface area contributed by atoms with Gasteiger partial charge < -0.3 is 34.4 Å². The molecular formula is C24H26ClN5O6. The number of carbonyl (C=O) groups is 2. The predicted molar refractivity (Wildman–Crippen MR) is 132 cm³/mol. The van der Waals surface area contributed by atoms with E-state index in [9.17, 15) is 9.59 Å². The maximum absolute atomic E-state index is 12.3. The third-order valence-electron chi connectivity index (χ3n) is 4.94. The molecule has 36 heavy (non-hydrogen) atoms. The molecule has 0 bridgehead atoms. The van der Waals surface area contributed by atoms with Crippen LogP contribution in [0.15, 0.2) is 44.0 Å². The Bertz CT molecular complexity index is 1390. The van der Waals surface area contributed by atoms with Gasteiger partial charge in [0, 0.05) is 18.5 Å². The number of furan rings is 2. The van der Waals surface area contributed by atoms with Crippen LogP contribution >= 0.6 is 11.6 Å². The fourth-order valence-corrected chi connectivity index (χ4v) is 3.71. The Morgan fingerprint density at radius 1 is 1.25 bits per heavy atom. The molecule has 190 valence electrons. The first-order valence-electron chi connectivity index (χ1n) is 11.1. The lowest BCUT2D eigenvalue weighted by atomic mass is 10.1. The van der Waals surface area contributed by atoms with Crippen LogP contribution < -0.4 is 16.4 Å². The highest BCUT2D eigenvalue weighted by molar-refractivity contribution is 6.30. The van der Waals surface area contributed by atoms with Gasteiger partial charge in [0.15, 0.2) is 11.3 Å². The van der Waals surface area contributed by atoms with Gasteiger partial charge in [-0.3, -0.25) is 4.79 Å². The second kappa shape index (κ2) is 9.94. The summed E-state index contributed by atoms with van der Waals surface area (Å²) in [6, 6.07) is 4.83. The van der Waals surface area contributed by atoms with Gasteiger partial charge in [-0.15, -0.1) is 0 Å². The van der Waals surface area contributed by atoms with Gasteiger partial charge in [-0.1, -0.05) is 11.6 Å². The molecule has 1 atom stereocenters. The maximum atomic E-state index is 12.3. The van der Waals surface area contributed by atoms with E-state index >= 15 is 0 Å². The van der Waals surface area contributed by atoms with E-state index in [2.05, 4.69) is 20.6 Å². The fourth-order valence-electron chi connectivity index (χ4n) is 3.51. The quantitative estimate of drug-likeness (QED) is 0.277. The number of amides is 2. The van der Waals surface area contributed by atoms with E-state index in [0.717, 1.165) is 6.26 Å². The first kappa shape index (κ1) is 25.1. The molecule has 11 nitrogen and oxygen atoms in total.